The van der Waals surface area contributed by atoms with Gasteiger partial charge in [-0.2, -0.15) is 0 Å². The predicted octanol–water partition coefficient (Wildman–Crippen LogP) is 12.2. The topological polar surface area (TPSA) is 38.7 Å². The smallest absolute Gasteiger partial charge is 0.164 e. The van der Waals surface area contributed by atoms with E-state index in [1.54, 1.807) is 0 Å². The van der Waals surface area contributed by atoms with E-state index in [-0.39, 0.29) is 5.92 Å². The lowest BCUT2D eigenvalue weighted by molar-refractivity contribution is 0.699. The zero-order valence-corrected chi connectivity index (χ0v) is 31.5. The number of hydrogen-bond donors (Lipinski definition) is 0. The highest BCUT2D eigenvalue weighted by Crippen LogP contribution is 2.43. The molecule has 10 aromatic rings. The quantitative estimate of drug-likeness (QED) is 0.165. The third-order valence-electron chi connectivity index (χ3n) is 11.4. The molecule has 0 saturated carbocycles. The molecule has 0 radical (unpaired) electrons. The fraction of sp³-hybridized carbons (Fsp3) is 0.0577. The summed E-state index contributed by atoms with van der Waals surface area (Å²) >= 11 is 1.85. The summed E-state index contributed by atoms with van der Waals surface area (Å²) < 4.78 is 2.52. The first kappa shape index (κ1) is 32.7. The van der Waals surface area contributed by atoms with E-state index in [2.05, 4.69) is 165 Å². The third-order valence-corrected chi connectivity index (χ3v) is 12.5. The molecule has 2 unspecified atom stereocenters. The molecule has 1 aliphatic rings. The molecule has 0 amide bonds. The Kier molecular flexibility index (Phi) is 7.71. The Morgan fingerprint density at radius 2 is 0.929 bits per heavy atom. The van der Waals surface area contributed by atoms with Crippen molar-refractivity contribution in [1.29, 1.82) is 0 Å². The van der Waals surface area contributed by atoms with Gasteiger partial charge in [-0.25, -0.2) is 15.0 Å². The van der Waals surface area contributed by atoms with E-state index in [0.29, 0.717) is 23.4 Å². The molecule has 0 fully saturated rings. The van der Waals surface area contributed by atoms with Crippen molar-refractivity contribution in [3.63, 3.8) is 0 Å². The number of rotatable bonds is 5. The molecular weight excluding hydrogens is 699 g/mol. The summed E-state index contributed by atoms with van der Waals surface area (Å²) in [6, 6.07) is 60.4. The van der Waals surface area contributed by atoms with Crippen LogP contribution in [0.15, 0.2) is 170 Å². The van der Waals surface area contributed by atoms with Gasteiger partial charge in [0.05, 0.1) is 0 Å². The number of benzene rings is 8. The zero-order chi connectivity index (χ0) is 37.2. The first-order valence-electron chi connectivity index (χ1n) is 19.2. The first-order chi connectivity index (χ1) is 27.7. The molecule has 0 N–H and O–H groups in total. The van der Waals surface area contributed by atoms with E-state index in [0.717, 1.165) is 27.8 Å². The second-order valence-corrected chi connectivity index (χ2v) is 15.9. The van der Waals surface area contributed by atoms with Crippen LogP contribution in [0.25, 0.3) is 99.2 Å². The van der Waals surface area contributed by atoms with Gasteiger partial charge >= 0.3 is 0 Å². The van der Waals surface area contributed by atoms with Gasteiger partial charge in [0.1, 0.15) is 0 Å². The van der Waals surface area contributed by atoms with Gasteiger partial charge in [-0.05, 0) is 72.8 Å². The monoisotopic (exact) mass is 733 g/mol. The van der Waals surface area contributed by atoms with Crippen molar-refractivity contribution in [2.24, 2.45) is 5.92 Å². The molecule has 0 saturated heterocycles. The minimum absolute atomic E-state index is 0.236. The SMILES string of the molecule is CC1C=c2c(c3ccccc3c3ccccc23)=CC1c1cccc2sc3cc(-c4nc(-c5ccccc5)nc(-c5cccc(-c6ccccc6)c5)n4)ccc3c12. The van der Waals surface area contributed by atoms with Gasteiger partial charge in [-0.1, -0.05) is 171 Å². The molecular formula is C52H35N3S. The van der Waals surface area contributed by atoms with E-state index < -0.39 is 0 Å². The summed E-state index contributed by atoms with van der Waals surface area (Å²) in [6.07, 6.45) is 5.06. The highest BCUT2D eigenvalue weighted by atomic mass is 32.1. The summed E-state index contributed by atoms with van der Waals surface area (Å²) in [4.78, 5) is 15.2. The third kappa shape index (κ3) is 5.44. The van der Waals surface area contributed by atoms with Crippen LogP contribution in [0.5, 0.6) is 0 Å². The van der Waals surface area contributed by atoms with Crippen LogP contribution in [0.1, 0.15) is 18.4 Å². The standard InChI is InChI=1S/C52H35N3S/c1-32-28-45-40-22-10-8-20-38(40)39-21-9-11-23-41(39)46(45)31-44(32)42-24-13-25-47-49(42)43-27-26-37(30-48(43)56-47)52-54-50(34-16-6-3-7-17-34)53-51(55-52)36-19-12-18-35(29-36)33-14-4-2-5-15-33/h2-32,44H,1H3. The van der Waals surface area contributed by atoms with Crippen LogP contribution in [0.4, 0.5) is 0 Å². The molecule has 8 aromatic carbocycles. The van der Waals surface area contributed by atoms with Crippen LogP contribution in [0.3, 0.4) is 0 Å². The normalized spacial score (nSPS) is 15.2. The fourth-order valence-corrected chi connectivity index (χ4v) is 9.89. The summed E-state index contributed by atoms with van der Waals surface area (Å²) in [5, 5.41) is 10.6. The molecule has 4 heteroatoms. The molecule has 0 spiro atoms. The molecule has 2 heterocycles. The first-order valence-corrected chi connectivity index (χ1v) is 20.0. The number of fused-ring (bicyclic) bond motifs is 9. The van der Waals surface area contributed by atoms with Crippen molar-refractivity contribution in [2.75, 3.05) is 0 Å². The van der Waals surface area contributed by atoms with E-state index in [9.17, 15) is 0 Å². The van der Waals surface area contributed by atoms with Crippen molar-refractivity contribution in [3.05, 3.63) is 186 Å². The van der Waals surface area contributed by atoms with E-state index in [1.807, 2.05) is 35.6 Å². The largest absolute Gasteiger partial charge is 0.208 e. The molecule has 0 bridgehead atoms. The zero-order valence-electron chi connectivity index (χ0n) is 30.7. The molecule has 1 aliphatic carbocycles. The predicted molar refractivity (Wildman–Crippen MR) is 236 cm³/mol. The van der Waals surface area contributed by atoms with E-state index in [1.165, 1.54) is 57.7 Å². The maximum absolute atomic E-state index is 5.14. The summed E-state index contributed by atoms with van der Waals surface area (Å²) in [6.45, 7) is 2.37. The molecule has 0 aliphatic heterocycles. The van der Waals surface area contributed by atoms with Crippen molar-refractivity contribution in [2.45, 2.75) is 12.8 Å². The van der Waals surface area contributed by atoms with Crippen LogP contribution in [-0.4, -0.2) is 15.0 Å². The highest BCUT2D eigenvalue weighted by Gasteiger charge is 2.24. The summed E-state index contributed by atoms with van der Waals surface area (Å²) in [5.74, 6) is 2.54. The van der Waals surface area contributed by atoms with Gasteiger partial charge in [-0.15, -0.1) is 11.3 Å². The van der Waals surface area contributed by atoms with Gasteiger partial charge in [-0.3, -0.25) is 0 Å². The van der Waals surface area contributed by atoms with Gasteiger partial charge in [0, 0.05) is 42.8 Å². The van der Waals surface area contributed by atoms with Crippen LogP contribution >= 0.6 is 11.3 Å². The number of hydrogen-bond acceptors (Lipinski definition) is 4. The number of nitrogens with zero attached hydrogens (tertiary/aromatic N) is 3. The molecule has 11 rings (SSSR count). The molecule has 2 aromatic heterocycles. The van der Waals surface area contributed by atoms with Crippen molar-refractivity contribution < 1.29 is 0 Å². The lowest BCUT2D eigenvalue weighted by Gasteiger charge is -2.24. The minimum atomic E-state index is 0.236. The number of thiophene rings is 1. The lowest BCUT2D eigenvalue weighted by Crippen LogP contribution is -2.33. The second-order valence-electron chi connectivity index (χ2n) is 14.8. The van der Waals surface area contributed by atoms with E-state index >= 15 is 0 Å². The number of aromatic nitrogens is 3. The summed E-state index contributed by atoms with van der Waals surface area (Å²) in [5.41, 5.74) is 6.55. The van der Waals surface area contributed by atoms with Gasteiger partial charge < -0.3 is 0 Å². The van der Waals surface area contributed by atoms with E-state index in [4.69, 9.17) is 15.0 Å². The Morgan fingerprint density at radius 1 is 0.393 bits per heavy atom. The lowest BCUT2D eigenvalue weighted by atomic mass is 9.79. The van der Waals surface area contributed by atoms with Crippen molar-refractivity contribution >= 4 is 65.2 Å². The van der Waals surface area contributed by atoms with Crippen LogP contribution < -0.4 is 10.4 Å². The Morgan fingerprint density at radius 3 is 1.62 bits per heavy atom. The van der Waals surface area contributed by atoms with Gasteiger partial charge in [0.2, 0.25) is 0 Å². The average molecular weight is 734 g/mol. The molecule has 2 atom stereocenters. The average Bonchev–Trinajstić information content (AvgIpc) is 3.65. The fourth-order valence-electron chi connectivity index (χ4n) is 8.71. The maximum Gasteiger partial charge on any atom is 0.164 e. The maximum atomic E-state index is 5.14. The Bertz CT molecular complexity index is 3280. The molecule has 264 valence electrons. The Hall–Kier alpha value is -6.75. The molecule has 3 nitrogen and oxygen atoms in total. The van der Waals surface area contributed by atoms with Crippen LogP contribution in [-0.2, 0) is 0 Å². The van der Waals surface area contributed by atoms with Crippen molar-refractivity contribution in [3.8, 4) is 45.3 Å². The highest BCUT2D eigenvalue weighted by molar-refractivity contribution is 7.25. The minimum Gasteiger partial charge on any atom is -0.208 e. The van der Waals surface area contributed by atoms with Crippen LogP contribution in [0, 0.1) is 5.92 Å². The van der Waals surface area contributed by atoms with Gasteiger partial charge in [0.25, 0.3) is 0 Å². The second kappa shape index (κ2) is 13.2. The van der Waals surface area contributed by atoms with Gasteiger partial charge in [0.15, 0.2) is 17.5 Å². The Labute approximate surface area is 328 Å². The Balaban J connectivity index is 1.05. The van der Waals surface area contributed by atoms with Crippen LogP contribution in [0.2, 0.25) is 0 Å². The summed E-state index contributed by atoms with van der Waals surface area (Å²) in [7, 11) is 0. The molecule has 56 heavy (non-hydrogen) atoms. The van der Waals surface area contributed by atoms with Crippen molar-refractivity contribution in [1.82, 2.24) is 15.0 Å².